The lowest BCUT2D eigenvalue weighted by molar-refractivity contribution is -0.151. The molecule has 6 atom stereocenters. The average molecular weight is 417 g/mol. The average Bonchev–Trinajstić information content (AvgIpc) is 3.08. The smallest absolute Gasteiger partial charge is 0.305 e. The minimum Gasteiger partial charge on any atom is -0.504 e. The van der Waals surface area contributed by atoms with Crippen molar-refractivity contribution in [1.29, 1.82) is 0 Å². The van der Waals surface area contributed by atoms with E-state index in [0.29, 0.717) is 11.8 Å². The number of ketones is 2. The number of Topliss-reactive ketones (excluding diaryl/α,β-unsaturated/α-hetero) is 2. The number of ether oxygens (including phenoxy) is 1. The van der Waals surface area contributed by atoms with Crippen molar-refractivity contribution in [1.82, 2.24) is 0 Å². The Labute approximate surface area is 177 Å². The van der Waals surface area contributed by atoms with Gasteiger partial charge in [-0.1, -0.05) is 19.4 Å². The SMILES string of the molecule is CCC(=O)OCC(=O)[C@@H]1CC[C@H]2[C@@H]3CCC4=CC(O)=C(O)C(=O)[C@]4(C)[C@H]3CC[C@]12C. The topological polar surface area (TPSA) is 101 Å². The molecule has 4 rings (SSSR count). The number of allylic oxidation sites excluding steroid dienone is 3. The number of esters is 1. The first kappa shape index (κ1) is 21.1. The van der Waals surface area contributed by atoms with Crippen molar-refractivity contribution < 1.29 is 29.3 Å². The summed E-state index contributed by atoms with van der Waals surface area (Å²) < 4.78 is 5.12. The lowest BCUT2D eigenvalue weighted by atomic mass is 9.46. The van der Waals surface area contributed by atoms with E-state index in [1.807, 2.05) is 6.92 Å². The van der Waals surface area contributed by atoms with Crippen molar-refractivity contribution in [3.8, 4) is 0 Å². The number of hydrogen-bond donors (Lipinski definition) is 2. The Balaban J connectivity index is 1.57. The second-order valence-electron chi connectivity index (χ2n) is 10.0. The molecule has 0 aromatic carbocycles. The minimum absolute atomic E-state index is 0.0158. The van der Waals surface area contributed by atoms with E-state index in [1.165, 1.54) is 0 Å². The number of fused-ring (bicyclic) bond motifs is 5. The zero-order chi connectivity index (χ0) is 21.8. The highest BCUT2D eigenvalue weighted by Gasteiger charge is 2.62. The summed E-state index contributed by atoms with van der Waals surface area (Å²) in [5.74, 6) is -0.915. The second kappa shape index (κ2) is 7.24. The normalized spacial score (nSPS) is 40.2. The van der Waals surface area contributed by atoms with Crippen LogP contribution in [0.4, 0.5) is 0 Å². The Hall–Kier alpha value is -2.11. The van der Waals surface area contributed by atoms with Crippen molar-refractivity contribution in [3.05, 3.63) is 23.2 Å². The molecule has 6 nitrogen and oxygen atoms in total. The molecule has 4 aliphatic carbocycles. The molecule has 3 fully saturated rings. The van der Waals surface area contributed by atoms with Gasteiger partial charge in [0.05, 0.1) is 5.41 Å². The van der Waals surface area contributed by atoms with Gasteiger partial charge in [-0.2, -0.15) is 0 Å². The number of aliphatic hydroxyl groups is 2. The Morgan fingerprint density at radius 1 is 1.13 bits per heavy atom. The quantitative estimate of drug-likeness (QED) is 0.666. The fraction of sp³-hybridized carbons (Fsp3) is 0.708. The number of aliphatic hydroxyl groups excluding tert-OH is 2. The van der Waals surface area contributed by atoms with Gasteiger partial charge < -0.3 is 14.9 Å². The van der Waals surface area contributed by atoms with Crippen LogP contribution in [0.5, 0.6) is 0 Å². The highest BCUT2D eigenvalue weighted by atomic mass is 16.5. The van der Waals surface area contributed by atoms with Crippen LogP contribution in [-0.2, 0) is 19.1 Å². The monoisotopic (exact) mass is 416 g/mol. The van der Waals surface area contributed by atoms with Gasteiger partial charge in [0.2, 0.25) is 11.5 Å². The fourth-order valence-corrected chi connectivity index (χ4v) is 7.24. The van der Waals surface area contributed by atoms with Crippen molar-refractivity contribution in [2.45, 2.75) is 65.7 Å². The van der Waals surface area contributed by atoms with Crippen molar-refractivity contribution in [2.75, 3.05) is 6.61 Å². The Morgan fingerprint density at radius 2 is 1.87 bits per heavy atom. The first-order valence-corrected chi connectivity index (χ1v) is 11.2. The molecule has 0 saturated heterocycles. The molecule has 0 unspecified atom stereocenters. The van der Waals surface area contributed by atoms with E-state index in [2.05, 4.69) is 6.92 Å². The number of hydrogen-bond acceptors (Lipinski definition) is 6. The molecule has 0 amide bonds. The van der Waals surface area contributed by atoms with Gasteiger partial charge in [0.15, 0.2) is 11.5 Å². The molecule has 0 aromatic rings. The molecular weight excluding hydrogens is 384 g/mol. The van der Waals surface area contributed by atoms with Crippen LogP contribution in [0, 0.1) is 34.5 Å². The van der Waals surface area contributed by atoms with E-state index in [9.17, 15) is 24.6 Å². The maximum atomic E-state index is 13.1. The molecule has 0 radical (unpaired) electrons. The molecular formula is C24H32O6. The zero-order valence-electron chi connectivity index (χ0n) is 18.1. The highest BCUT2D eigenvalue weighted by molar-refractivity contribution is 6.02. The highest BCUT2D eigenvalue weighted by Crippen LogP contribution is 2.66. The molecule has 4 aliphatic rings. The van der Waals surface area contributed by atoms with Crippen LogP contribution in [0.3, 0.4) is 0 Å². The van der Waals surface area contributed by atoms with Crippen LogP contribution < -0.4 is 0 Å². The Kier molecular flexibility index (Phi) is 5.10. The van der Waals surface area contributed by atoms with Gasteiger partial charge in [-0.25, -0.2) is 0 Å². The van der Waals surface area contributed by atoms with E-state index in [-0.39, 0.29) is 53.6 Å². The molecule has 30 heavy (non-hydrogen) atoms. The summed E-state index contributed by atoms with van der Waals surface area (Å²) in [6.07, 6.45) is 6.88. The van der Waals surface area contributed by atoms with Gasteiger partial charge in [-0.3, -0.25) is 14.4 Å². The van der Waals surface area contributed by atoms with Gasteiger partial charge in [0.25, 0.3) is 0 Å². The molecule has 0 spiro atoms. The van der Waals surface area contributed by atoms with Gasteiger partial charge in [-0.05, 0) is 74.7 Å². The molecule has 0 bridgehead atoms. The van der Waals surface area contributed by atoms with Crippen LogP contribution in [0.15, 0.2) is 23.2 Å². The van der Waals surface area contributed by atoms with Crippen LogP contribution in [0.2, 0.25) is 0 Å². The maximum absolute atomic E-state index is 13.1. The number of carbonyl (C=O) groups excluding carboxylic acids is 3. The molecule has 2 N–H and O–H groups in total. The van der Waals surface area contributed by atoms with Gasteiger partial charge in [-0.15, -0.1) is 0 Å². The van der Waals surface area contributed by atoms with Crippen LogP contribution in [-0.4, -0.2) is 34.4 Å². The van der Waals surface area contributed by atoms with Gasteiger partial charge in [0.1, 0.15) is 6.61 Å². The lowest BCUT2D eigenvalue weighted by Crippen LogP contribution is -2.54. The van der Waals surface area contributed by atoms with Crippen molar-refractivity contribution in [3.63, 3.8) is 0 Å². The summed E-state index contributed by atoms with van der Waals surface area (Å²) in [6.45, 7) is 5.69. The largest absolute Gasteiger partial charge is 0.504 e. The minimum atomic E-state index is -0.778. The summed E-state index contributed by atoms with van der Waals surface area (Å²) in [5, 5.41) is 20.1. The molecule has 0 heterocycles. The van der Waals surface area contributed by atoms with Crippen LogP contribution >= 0.6 is 0 Å². The van der Waals surface area contributed by atoms with Crippen molar-refractivity contribution >= 4 is 17.5 Å². The van der Waals surface area contributed by atoms with E-state index in [4.69, 9.17) is 4.74 Å². The third kappa shape index (κ3) is 2.86. The summed E-state index contributed by atoms with van der Waals surface area (Å²) in [7, 11) is 0. The fourth-order valence-electron chi connectivity index (χ4n) is 7.24. The predicted octanol–water partition coefficient (Wildman–Crippen LogP) is 4.20. The van der Waals surface area contributed by atoms with Gasteiger partial charge in [0, 0.05) is 12.3 Å². The third-order valence-corrected chi connectivity index (χ3v) is 8.89. The molecule has 6 heteroatoms. The van der Waals surface area contributed by atoms with E-state index in [0.717, 1.165) is 44.1 Å². The van der Waals surface area contributed by atoms with E-state index < -0.39 is 11.2 Å². The number of carbonyl (C=O) groups is 3. The summed E-state index contributed by atoms with van der Waals surface area (Å²) in [6, 6.07) is 0. The van der Waals surface area contributed by atoms with Crippen LogP contribution in [0.25, 0.3) is 0 Å². The number of rotatable bonds is 4. The summed E-state index contributed by atoms with van der Waals surface area (Å²) in [4.78, 5) is 37.4. The molecule has 3 saturated carbocycles. The maximum Gasteiger partial charge on any atom is 0.305 e. The first-order chi connectivity index (χ1) is 14.1. The van der Waals surface area contributed by atoms with Crippen molar-refractivity contribution in [2.24, 2.45) is 34.5 Å². The molecule has 0 aliphatic heterocycles. The Morgan fingerprint density at radius 3 is 2.57 bits per heavy atom. The Bertz CT molecular complexity index is 854. The third-order valence-electron chi connectivity index (χ3n) is 8.89. The predicted molar refractivity (Wildman–Crippen MR) is 110 cm³/mol. The first-order valence-electron chi connectivity index (χ1n) is 11.2. The standard InChI is InChI=1S/C24H32O6/c1-4-20(27)30-12-19(26)17-8-7-15-14-6-5-13-11-18(25)21(28)22(29)24(13,3)16(14)9-10-23(15,17)2/h11,14-17,25,28H,4-10,12H2,1-3H3/t14-,15-,16-,17-,23-,24-/m0/s1. The molecule has 0 aromatic heterocycles. The van der Waals surface area contributed by atoms with E-state index >= 15 is 0 Å². The van der Waals surface area contributed by atoms with E-state index in [1.54, 1.807) is 13.0 Å². The lowest BCUT2D eigenvalue weighted by Gasteiger charge is -2.56. The summed E-state index contributed by atoms with van der Waals surface area (Å²) in [5.41, 5.74) is -0.00403. The second-order valence-corrected chi connectivity index (χ2v) is 10.0. The van der Waals surface area contributed by atoms with Crippen LogP contribution in [0.1, 0.15) is 65.7 Å². The molecule has 164 valence electrons. The summed E-state index contributed by atoms with van der Waals surface area (Å²) >= 11 is 0. The zero-order valence-corrected chi connectivity index (χ0v) is 18.1. The van der Waals surface area contributed by atoms with Gasteiger partial charge >= 0.3 is 5.97 Å².